The van der Waals surface area contributed by atoms with Crippen LogP contribution in [-0.2, 0) is 6.18 Å². The SMILES string of the molecule is FC(F)(F)c1ccc(C2CCCN2c2ccccc2)cc1. The summed E-state index contributed by atoms with van der Waals surface area (Å²) in [7, 11) is 0. The van der Waals surface area contributed by atoms with Gasteiger partial charge in [0, 0.05) is 12.2 Å². The number of anilines is 1. The van der Waals surface area contributed by atoms with Crippen molar-refractivity contribution in [2.24, 2.45) is 0 Å². The molecule has 0 saturated carbocycles. The van der Waals surface area contributed by atoms with Crippen LogP contribution in [-0.4, -0.2) is 6.54 Å². The van der Waals surface area contributed by atoms with Crippen molar-refractivity contribution in [3.05, 3.63) is 65.7 Å². The van der Waals surface area contributed by atoms with Crippen molar-refractivity contribution in [1.29, 1.82) is 0 Å². The van der Waals surface area contributed by atoms with Gasteiger partial charge in [0.15, 0.2) is 0 Å². The molecule has 3 rings (SSSR count). The average Bonchev–Trinajstić information content (AvgIpc) is 2.97. The van der Waals surface area contributed by atoms with E-state index in [1.165, 1.54) is 12.1 Å². The van der Waals surface area contributed by atoms with E-state index < -0.39 is 11.7 Å². The van der Waals surface area contributed by atoms with Gasteiger partial charge in [-0.2, -0.15) is 13.2 Å². The molecular weight excluding hydrogens is 275 g/mol. The van der Waals surface area contributed by atoms with E-state index in [9.17, 15) is 13.2 Å². The minimum atomic E-state index is -4.27. The predicted molar refractivity (Wildman–Crippen MR) is 77.2 cm³/mol. The Morgan fingerprint density at radius 3 is 2.19 bits per heavy atom. The number of hydrogen-bond acceptors (Lipinski definition) is 1. The minimum absolute atomic E-state index is 0.162. The Morgan fingerprint density at radius 2 is 1.57 bits per heavy atom. The molecule has 1 nitrogen and oxygen atoms in total. The smallest absolute Gasteiger partial charge is 0.364 e. The third kappa shape index (κ3) is 2.89. The summed E-state index contributed by atoms with van der Waals surface area (Å²) in [5, 5.41) is 0. The van der Waals surface area contributed by atoms with Crippen molar-refractivity contribution in [2.75, 3.05) is 11.4 Å². The van der Waals surface area contributed by atoms with E-state index in [1.54, 1.807) is 12.1 Å². The Hall–Kier alpha value is -1.97. The van der Waals surface area contributed by atoms with Crippen molar-refractivity contribution in [3.8, 4) is 0 Å². The predicted octanol–water partition coefficient (Wildman–Crippen LogP) is 5.05. The molecule has 1 heterocycles. The molecule has 0 spiro atoms. The van der Waals surface area contributed by atoms with E-state index >= 15 is 0 Å². The second kappa shape index (κ2) is 5.43. The summed E-state index contributed by atoms with van der Waals surface area (Å²) < 4.78 is 37.9. The summed E-state index contributed by atoms with van der Waals surface area (Å²) in [4.78, 5) is 2.27. The molecule has 0 amide bonds. The van der Waals surface area contributed by atoms with Crippen molar-refractivity contribution >= 4 is 5.69 Å². The highest BCUT2D eigenvalue weighted by atomic mass is 19.4. The number of hydrogen-bond donors (Lipinski definition) is 0. The molecule has 1 aliphatic rings. The van der Waals surface area contributed by atoms with E-state index in [0.29, 0.717) is 0 Å². The van der Waals surface area contributed by atoms with Gasteiger partial charge in [-0.05, 0) is 42.7 Å². The normalized spacial score (nSPS) is 19.0. The monoisotopic (exact) mass is 291 g/mol. The summed E-state index contributed by atoms with van der Waals surface area (Å²) in [6, 6.07) is 15.7. The molecular formula is C17H16F3N. The highest BCUT2D eigenvalue weighted by molar-refractivity contribution is 5.50. The molecule has 110 valence electrons. The van der Waals surface area contributed by atoms with Crippen LogP contribution < -0.4 is 4.90 Å². The van der Waals surface area contributed by atoms with E-state index in [0.717, 1.165) is 30.6 Å². The van der Waals surface area contributed by atoms with E-state index in [-0.39, 0.29) is 6.04 Å². The van der Waals surface area contributed by atoms with Crippen LogP contribution in [0, 0.1) is 0 Å². The van der Waals surface area contributed by atoms with Crippen LogP contribution in [0.15, 0.2) is 54.6 Å². The number of rotatable bonds is 2. The van der Waals surface area contributed by atoms with Crippen LogP contribution in [0.2, 0.25) is 0 Å². The van der Waals surface area contributed by atoms with Crippen LogP contribution in [0.25, 0.3) is 0 Å². The third-order valence-corrected chi connectivity index (χ3v) is 3.96. The number of para-hydroxylation sites is 1. The Kier molecular flexibility index (Phi) is 3.62. The van der Waals surface area contributed by atoms with Gasteiger partial charge in [0.05, 0.1) is 11.6 Å². The number of alkyl halides is 3. The van der Waals surface area contributed by atoms with Crippen molar-refractivity contribution in [3.63, 3.8) is 0 Å². The molecule has 0 radical (unpaired) electrons. The minimum Gasteiger partial charge on any atom is -0.364 e. The third-order valence-electron chi connectivity index (χ3n) is 3.96. The maximum atomic E-state index is 12.6. The molecule has 4 heteroatoms. The fourth-order valence-corrected chi connectivity index (χ4v) is 2.94. The quantitative estimate of drug-likeness (QED) is 0.748. The Labute approximate surface area is 122 Å². The maximum absolute atomic E-state index is 12.6. The highest BCUT2D eigenvalue weighted by Gasteiger charge is 2.31. The van der Waals surface area contributed by atoms with Gasteiger partial charge in [-0.25, -0.2) is 0 Å². The molecule has 1 unspecified atom stereocenters. The number of halogens is 3. The van der Waals surface area contributed by atoms with E-state index in [2.05, 4.69) is 4.90 Å². The van der Waals surface area contributed by atoms with Gasteiger partial charge in [0.25, 0.3) is 0 Å². The van der Waals surface area contributed by atoms with Gasteiger partial charge in [-0.3, -0.25) is 0 Å². The van der Waals surface area contributed by atoms with Gasteiger partial charge in [0.1, 0.15) is 0 Å². The van der Waals surface area contributed by atoms with Crippen LogP contribution >= 0.6 is 0 Å². The van der Waals surface area contributed by atoms with Crippen LogP contribution in [0.4, 0.5) is 18.9 Å². The highest BCUT2D eigenvalue weighted by Crippen LogP contribution is 2.37. The van der Waals surface area contributed by atoms with Gasteiger partial charge >= 0.3 is 6.18 Å². The molecule has 21 heavy (non-hydrogen) atoms. The molecule has 1 fully saturated rings. The zero-order chi connectivity index (χ0) is 14.9. The first-order valence-corrected chi connectivity index (χ1v) is 7.04. The topological polar surface area (TPSA) is 3.24 Å². The summed E-state index contributed by atoms with van der Waals surface area (Å²) in [6.45, 7) is 0.940. The van der Waals surface area contributed by atoms with Gasteiger partial charge in [0.2, 0.25) is 0 Å². The van der Waals surface area contributed by atoms with Crippen LogP contribution in [0.5, 0.6) is 0 Å². The lowest BCUT2D eigenvalue weighted by Crippen LogP contribution is -2.22. The molecule has 1 atom stereocenters. The first kappa shape index (κ1) is 14.0. The summed E-state index contributed by atoms with van der Waals surface area (Å²) in [5.74, 6) is 0. The molecule has 0 aromatic heterocycles. The Bertz CT molecular complexity index is 590. The van der Waals surface area contributed by atoms with Crippen LogP contribution in [0.3, 0.4) is 0 Å². The average molecular weight is 291 g/mol. The Morgan fingerprint density at radius 1 is 0.905 bits per heavy atom. The number of nitrogens with zero attached hydrogens (tertiary/aromatic N) is 1. The van der Waals surface area contributed by atoms with Crippen LogP contribution in [0.1, 0.15) is 30.0 Å². The Balaban J connectivity index is 1.86. The van der Waals surface area contributed by atoms with Gasteiger partial charge in [-0.15, -0.1) is 0 Å². The standard InChI is InChI=1S/C17H16F3N/c18-17(19,20)14-10-8-13(9-11-14)16-7-4-12-21(16)15-5-2-1-3-6-15/h1-3,5-6,8-11,16H,4,7,12H2. The lowest BCUT2D eigenvalue weighted by Gasteiger charge is -2.27. The first-order valence-electron chi connectivity index (χ1n) is 7.04. The zero-order valence-electron chi connectivity index (χ0n) is 11.5. The van der Waals surface area contributed by atoms with Crippen molar-refractivity contribution in [1.82, 2.24) is 0 Å². The molecule has 0 aliphatic carbocycles. The molecule has 0 bridgehead atoms. The lowest BCUT2D eigenvalue weighted by molar-refractivity contribution is -0.137. The van der Waals surface area contributed by atoms with Gasteiger partial charge < -0.3 is 4.90 Å². The molecule has 0 N–H and O–H groups in total. The van der Waals surface area contributed by atoms with E-state index in [1.807, 2.05) is 30.3 Å². The van der Waals surface area contributed by atoms with Crippen molar-refractivity contribution in [2.45, 2.75) is 25.1 Å². The molecule has 2 aromatic carbocycles. The summed E-state index contributed by atoms with van der Waals surface area (Å²) in [5.41, 5.74) is 1.49. The lowest BCUT2D eigenvalue weighted by atomic mass is 10.0. The largest absolute Gasteiger partial charge is 0.416 e. The van der Waals surface area contributed by atoms with E-state index in [4.69, 9.17) is 0 Å². The second-order valence-corrected chi connectivity index (χ2v) is 5.31. The molecule has 1 saturated heterocycles. The maximum Gasteiger partial charge on any atom is 0.416 e. The van der Waals surface area contributed by atoms with Gasteiger partial charge in [-0.1, -0.05) is 30.3 Å². The number of benzene rings is 2. The second-order valence-electron chi connectivity index (χ2n) is 5.31. The summed E-state index contributed by atoms with van der Waals surface area (Å²) in [6.07, 6.45) is -2.24. The fourth-order valence-electron chi connectivity index (χ4n) is 2.94. The van der Waals surface area contributed by atoms with Crippen molar-refractivity contribution < 1.29 is 13.2 Å². The first-order chi connectivity index (χ1) is 10.1. The molecule has 2 aromatic rings. The zero-order valence-corrected chi connectivity index (χ0v) is 11.5. The fraction of sp³-hybridized carbons (Fsp3) is 0.294. The molecule has 1 aliphatic heterocycles. The summed E-state index contributed by atoms with van der Waals surface area (Å²) >= 11 is 0.